The summed E-state index contributed by atoms with van der Waals surface area (Å²) in [5.74, 6) is 0.743. The highest BCUT2D eigenvalue weighted by molar-refractivity contribution is 9.10. The van der Waals surface area contributed by atoms with Gasteiger partial charge in [-0.1, -0.05) is 41.5 Å². The molecule has 0 saturated heterocycles. The van der Waals surface area contributed by atoms with Gasteiger partial charge in [-0.05, 0) is 43.0 Å². The number of aryl methyl sites for hydroxylation is 1. The molecule has 1 N–H and O–H groups in total. The number of thioether (sulfide) groups is 1. The van der Waals surface area contributed by atoms with E-state index in [0.29, 0.717) is 5.25 Å². The minimum Gasteiger partial charge on any atom is -0.335 e. The molecule has 0 saturated carbocycles. The number of hydrogen-bond acceptors (Lipinski definition) is 3. The molecule has 4 heteroatoms. The van der Waals surface area contributed by atoms with Crippen molar-refractivity contribution >= 4 is 38.5 Å². The number of nitrogens with one attached hydrogen (secondary N) is 1. The minimum absolute atomic E-state index is 0.643. The first-order valence-corrected chi connectivity index (χ1v) is 7.96. The lowest BCUT2D eigenvalue weighted by molar-refractivity contribution is 0.575. The lowest BCUT2D eigenvalue weighted by atomic mass is 10.1. The topological polar surface area (TPSA) is 24.4 Å². The van der Waals surface area contributed by atoms with E-state index < -0.39 is 0 Å². The molecule has 2 nitrogen and oxygen atoms in total. The molecule has 1 unspecified atom stereocenters. The summed E-state index contributed by atoms with van der Waals surface area (Å²) in [6.07, 6.45) is 1.23. The number of hydrogen-bond donors (Lipinski definition) is 1. The van der Waals surface area contributed by atoms with E-state index in [4.69, 9.17) is 0 Å². The molecule has 0 aliphatic carbocycles. The van der Waals surface area contributed by atoms with Crippen molar-refractivity contribution in [2.24, 2.45) is 10.9 Å². The van der Waals surface area contributed by atoms with Gasteiger partial charge in [-0.15, -0.1) is 0 Å². The smallest absolute Gasteiger partial charge is 0.161 e. The van der Waals surface area contributed by atoms with Gasteiger partial charge in [-0.2, -0.15) is 0 Å². The van der Waals surface area contributed by atoms with Crippen molar-refractivity contribution in [2.45, 2.75) is 32.4 Å². The van der Waals surface area contributed by atoms with Gasteiger partial charge in [-0.25, -0.2) is 0 Å². The average Bonchev–Trinajstić information content (AvgIpc) is 2.70. The Labute approximate surface area is 122 Å². The third-order valence-corrected chi connectivity index (χ3v) is 4.88. The Hall–Kier alpha value is -0.480. The first-order chi connectivity index (χ1) is 8.54. The van der Waals surface area contributed by atoms with Crippen molar-refractivity contribution < 1.29 is 0 Å². The van der Waals surface area contributed by atoms with Crippen LogP contribution in [0.4, 0.5) is 5.69 Å². The summed E-state index contributed by atoms with van der Waals surface area (Å²) >= 11 is 5.39. The van der Waals surface area contributed by atoms with E-state index in [0.717, 1.165) is 27.8 Å². The van der Waals surface area contributed by atoms with Gasteiger partial charge in [0.05, 0.1) is 6.54 Å². The predicted molar refractivity (Wildman–Crippen MR) is 85.6 cm³/mol. The molecule has 18 heavy (non-hydrogen) atoms. The lowest BCUT2D eigenvalue weighted by Gasteiger charge is -2.11. The van der Waals surface area contributed by atoms with E-state index in [2.05, 4.69) is 65.2 Å². The predicted octanol–water partition coefficient (Wildman–Crippen LogP) is 4.69. The highest BCUT2D eigenvalue weighted by Crippen LogP contribution is 2.28. The molecule has 1 aromatic carbocycles. The molecule has 1 atom stereocenters. The fraction of sp³-hybridized carbons (Fsp3) is 0.500. The minimum atomic E-state index is 0.643. The van der Waals surface area contributed by atoms with Gasteiger partial charge in [0.1, 0.15) is 0 Å². The van der Waals surface area contributed by atoms with Crippen LogP contribution in [-0.2, 0) is 0 Å². The van der Waals surface area contributed by atoms with E-state index in [1.165, 1.54) is 12.0 Å². The molecule has 0 fully saturated rings. The standard InChI is InChI=1S/C14H19BrN2S/c1-9(2)6-12-8-16-14(18-12)17-11-4-5-13(15)10(3)7-11/h4-5,7,9,12H,6,8H2,1-3H3,(H,16,17). The zero-order valence-electron chi connectivity index (χ0n) is 11.0. The van der Waals surface area contributed by atoms with Crippen LogP contribution in [0.5, 0.6) is 0 Å². The van der Waals surface area contributed by atoms with Gasteiger partial charge < -0.3 is 5.32 Å². The van der Waals surface area contributed by atoms with Crippen LogP contribution in [0.2, 0.25) is 0 Å². The third kappa shape index (κ3) is 3.75. The molecule has 98 valence electrons. The maximum atomic E-state index is 4.57. The fourth-order valence-corrected chi connectivity index (χ4v) is 3.50. The zero-order valence-corrected chi connectivity index (χ0v) is 13.4. The summed E-state index contributed by atoms with van der Waals surface area (Å²) in [5.41, 5.74) is 2.36. The molecule has 0 aromatic heterocycles. The van der Waals surface area contributed by atoms with Crippen LogP contribution in [0.3, 0.4) is 0 Å². The van der Waals surface area contributed by atoms with Crippen LogP contribution in [0.25, 0.3) is 0 Å². The van der Waals surface area contributed by atoms with Crippen LogP contribution in [0.15, 0.2) is 27.7 Å². The lowest BCUT2D eigenvalue weighted by Crippen LogP contribution is -2.09. The third-order valence-electron chi connectivity index (χ3n) is 2.86. The Morgan fingerprint density at radius 3 is 2.94 bits per heavy atom. The summed E-state index contributed by atoms with van der Waals surface area (Å²) in [5, 5.41) is 5.10. The Bertz CT molecular complexity index is 457. The van der Waals surface area contributed by atoms with Crippen molar-refractivity contribution in [3.8, 4) is 0 Å². The normalized spacial score (nSPS) is 19.2. The molecule has 1 aliphatic heterocycles. The highest BCUT2D eigenvalue weighted by Gasteiger charge is 2.20. The number of aliphatic imine (C=N–C) groups is 1. The van der Waals surface area contributed by atoms with Crippen molar-refractivity contribution in [1.29, 1.82) is 0 Å². The highest BCUT2D eigenvalue weighted by atomic mass is 79.9. The van der Waals surface area contributed by atoms with Gasteiger partial charge >= 0.3 is 0 Å². The van der Waals surface area contributed by atoms with Crippen LogP contribution in [0.1, 0.15) is 25.8 Å². The largest absolute Gasteiger partial charge is 0.335 e. The number of halogens is 1. The maximum absolute atomic E-state index is 4.57. The summed E-state index contributed by atoms with van der Waals surface area (Å²) in [6, 6.07) is 6.29. The number of amidine groups is 1. The maximum Gasteiger partial charge on any atom is 0.161 e. The first-order valence-electron chi connectivity index (χ1n) is 6.29. The molecular weight excluding hydrogens is 308 g/mol. The van der Waals surface area contributed by atoms with E-state index in [-0.39, 0.29) is 0 Å². The van der Waals surface area contributed by atoms with Gasteiger partial charge in [0, 0.05) is 15.4 Å². The van der Waals surface area contributed by atoms with Crippen LogP contribution >= 0.6 is 27.7 Å². The van der Waals surface area contributed by atoms with Gasteiger partial charge in [0.15, 0.2) is 5.17 Å². The summed E-state index contributed by atoms with van der Waals surface area (Å²) < 4.78 is 1.15. The van der Waals surface area contributed by atoms with Crippen LogP contribution in [0, 0.1) is 12.8 Å². The quantitative estimate of drug-likeness (QED) is 0.871. The second-order valence-electron chi connectivity index (χ2n) is 5.10. The summed E-state index contributed by atoms with van der Waals surface area (Å²) in [7, 11) is 0. The second kappa shape index (κ2) is 6.11. The Morgan fingerprint density at radius 2 is 2.28 bits per heavy atom. The van der Waals surface area contributed by atoms with Crippen LogP contribution in [-0.4, -0.2) is 17.0 Å². The number of rotatable bonds is 3. The Balaban J connectivity index is 1.93. The summed E-state index contributed by atoms with van der Waals surface area (Å²) in [6.45, 7) is 7.58. The van der Waals surface area contributed by atoms with Crippen molar-refractivity contribution in [1.82, 2.24) is 0 Å². The Kier molecular flexibility index (Phi) is 4.73. The van der Waals surface area contributed by atoms with E-state index >= 15 is 0 Å². The van der Waals surface area contributed by atoms with Gasteiger partial charge in [0.2, 0.25) is 0 Å². The first kappa shape index (κ1) is 13.9. The molecule has 0 bridgehead atoms. The van der Waals surface area contributed by atoms with E-state index in [1.54, 1.807) is 0 Å². The molecule has 0 radical (unpaired) electrons. The van der Waals surface area contributed by atoms with Crippen molar-refractivity contribution in [2.75, 3.05) is 11.9 Å². The van der Waals surface area contributed by atoms with Crippen molar-refractivity contribution in [3.63, 3.8) is 0 Å². The Morgan fingerprint density at radius 1 is 1.50 bits per heavy atom. The molecule has 0 spiro atoms. The average molecular weight is 327 g/mol. The zero-order chi connectivity index (χ0) is 13.1. The van der Waals surface area contributed by atoms with E-state index in [1.807, 2.05) is 11.8 Å². The molecule has 2 rings (SSSR count). The van der Waals surface area contributed by atoms with E-state index in [9.17, 15) is 0 Å². The molecule has 1 aliphatic rings. The number of nitrogens with zero attached hydrogens (tertiary/aromatic N) is 1. The van der Waals surface area contributed by atoms with Gasteiger partial charge in [-0.3, -0.25) is 4.99 Å². The molecule has 0 amide bonds. The summed E-state index contributed by atoms with van der Waals surface area (Å²) in [4.78, 5) is 4.57. The molecular formula is C14H19BrN2S. The molecule has 1 heterocycles. The second-order valence-corrected chi connectivity index (χ2v) is 7.25. The number of anilines is 1. The van der Waals surface area contributed by atoms with Crippen LogP contribution < -0.4 is 5.32 Å². The fourth-order valence-electron chi connectivity index (χ4n) is 1.98. The molecule has 1 aromatic rings. The van der Waals surface area contributed by atoms with Crippen molar-refractivity contribution in [3.05, 3.63) is 28.2 Å². The number of benzene rings is 1. The monoisotopic (exact) mass is 326 g/mol. The SMILES string of the molecule is Cc1cc(NC2=NCC(CC(C)C)S2)ccc1Br. The van der Waals surface area contributed by atoms with Gasteiger partial charge in [0.25, 0.3) is 0 Å².